The number of aryl methyl sites for hydroxylation is 1. The molecule has 0 saturated carbocycles. The minimum Gasteiger partial charge on any atom is -0.273 e. The third kappa shape index (κ3) is 0.956. The van der Waals surface area contributed by atoms with Gasteiger partial charge in [0.15, 0.2) is 0 Å². The summed E-state index contributed by atoms with van der Waals surface area (Å²) in [5.74, 6) is -0.0391. The van der Waals surface area contributed by atoms with Crippen LogP contribution in [0, 0.1) is 6.92 Å². The van der Waals surface area contributed by atoms with Crippen LogP contribution in [0.2, 0.25) is 0 Å². The largest absolute Gasteiger partial charge is 0.273 e. The molecule has 0 saturated heterocycles. The third-order valence-electron chi connectivity index (χ3n) is 1.68. The van der Waals surface area contributed by atoms with Gasteiger partial charge in [-0.15, -0.1) is 11.3 Å². The lowest BCUT2D eigenvalue weighted by atomic mass is 10.4. The van der Waals surface area contributed by atoms with Gasteiger partial charge in [-0.2, -0.15) is 9.78 Å². The van der Waals surface area contributed by atoms with Crippen LogP contribution in [0.25, 0.3) is 10.2 Å². The van der Waals surface area contributed by atoms with E-state index in [1.165, 1.54) is 16.5 Å². The Morgan fingerprint density at radius 3 is 3.08 bits per heavy atom. The van der Waals surface area contributed by atoms with Gasteiger partial charge >= 0.3 is 0 Å². The van der Waals surface area contributed by atoms with Gasteiger partial charge < -0.3 is 0 Å². The Morgan fingerprint density at radius 2 is 2.42 bits per heavy atom. The molecule has 2 aromatic rings. The summed E-state index contributed by atoms with van der Waals surface area (Å²) in [6, 6.07) is 1.98. The second-order valence-electron chi connectivity index (χ2n) is 2.68. The van der Waals surface area contributed by atoms with Gasteiger partial charge in [0.25, 0.3) is 0 Å². The van der Waals surface area contributed by atoms with Crippen molar-refractivity contribution in [3.63, 3.8) is 0 Å². The molecule has 62 valence electrons. The van der Waals surface area contributed by atoms with Crippen LogP contribution >= 0.6 is 11.3 Å². The Balaban J connectivity index is 2.76. The zero-order valence-electron chi connectivity index (χ0n) is 6.87. The Kier molecular flexibility index (Phi) is 1.51. The molecule has 2 rings (SSSR count). The van der Waals surface area contributed by atoms with E-state index in [9.17, 15) is 4.79 Å². The zero-order chi connectivity index (χ0) is 8.72. The fraction of sp³-hybridized carbons (Fsp3) is 0.250. The molecule has 0 amide bonds. The molecule has 0 spiro atoms. The lowest BCUT2D eigenvalue weighted by Gasteiger charge is -1.91. The predicted molar refractivity (Wildman–Crippen MR) is 48.6 cm³/mol. The highest BCUT2D eigenvalue weighted by atomic mass is 32.1. The zero-order valence-corrected chi connectivity index (χ0v) is 7.68. The molecule has 0 aliphatic carbocycles. The second kappa shape index (κ2) is 2.42. The summed E-state index contributed by atoms with van der Waals surface area (Å²) in [6.07, 6.45) is 1.73. The molecular weight excluding hydrogens is 172 g/mol. The van der Waals surface area contributed by atoms with Gasteiger partial charge in [0, 0.05) is 11.8 Å². The molecule has 4 heteroatoms. The van der Waals surface area contributed by atoms with Crippen molar-refractivity contribution in [2.75, 3.05) is 0 Å². The summed E-state index contributed by atoms with van der Waals surface area (Å²) in [4.78, 5) is 12.2. The number of hydrogen-bond donors (Lipinski definition) is 0. The lowest BCUT2D eigenvalue weighted by molar-refractivity contribution is 0.0927. The first-order valence-electron chi connectivity index (χ1n) is 3.63. The van der Waals surface area contributed by atoms with Gasteiger partial charge in [0.1, 0.15) is 0 Å². The highest BCUT2D eigenvalue weighted by molar-refractivity contribution is 7.18. The predicted octanol–water partition coefficient (Wildman–Crippen LogP) is 2.07. The van der Waals surface area contributed by atoms with E-state index in [2.05, 4.69) is 5.10 Å². The van der Waals surface area contributed by atoms with Crippen molar-refractivity contribution in [2.45, 2.75) is 13.8 Å². The van der Waals surface area contributed by atoms with E-state index in [0.29, 0.717) is 0 Å². The van der Waals surface area contributed by atoms with Crippen LogP contribution in [0.5, 0.6) is 0 Å². The molecule has 0 fully saturated rings. The summed E-state index contributed by atoms with van der Waals surface area (Å²) < 4.78 is 2.50. The Labute approximate surface area is 73.6 Å². The van der Waals surface area contributed by atoms with Crippen LogP contribution in [0.1, 0.15) is 16.6 Å². The number of rotatable bonds is 0. The Morgan fingerprint density at radius 1 is 1.67 bits per heavy atom. The maximum atomic E-state index is 11.0. The average molecular weight is 180 g/mol. The maximum absolute atomic E-state index is 11.0. The van der Waals surface area contributed by atoms with Crippen LogP contribution < -0.4 is 0 Å². The molecule has 0 aliphatic heterocycles. The third-order valence-corrected chi connectivity index (χ3v) is 2.65. The number of carbonyl (C=O) groups is 1. The summed E-state index contributed by atoms with van der Waals surface area (Å²) in [5, 5.41) is 3.97. The van der Waals surface area contributed by atoms with Crippen molar-refractivity contribution in [1.82, 2.24) is 9.78 Å². The molecule has 0 N–H and O–H groups in total. The standard InChI is InChI=1S/C8H8N2OS/c1-5-3-7-8(12-5)4-9-10(7)6(2)11/h3-4H,1-2H3. The molecule has 12 heavy (non-hydrogen) atoms. The van der Waals surface area contributed by atoms with Crippen molar-refractivity contribution in [2.24, 2.45) is 0 Å². The van der Waals surface area contributed by atoms with E-state index >= 15 is 0 Å². The minimum atomic E-state index is -0.0391. The summed E-state index contributed by atoms with van der Waals surface area (Å²) in [6.45, 7) is 3.54. The number of fused-ring (bicyclic) bond motifs is 1. The van der Waals surface area contributed by atoms with Crippen LogP contribution in [0.4, 0.5) is 0 Å². The van der Waals surface area contributed by atoms with Crippen molar-refractivity contribution in [3.8, 4) is 0 Å². The fourth-order valence-electron chi connectivity index (χ4n) is 1.20. The van der Waals surface area contributed by atoms with E-state index in [1.54, 1.807) is 17.5 Å². The minimum absolute atomic E-state index is 0.0391. The molecule has 0 radical (unpaired) electrons. The van der Waals surface area contributed by atoms with Crippen molar-refractivity contribution in [3.05, 3.63) is 17.1 Å². The molecule has 0 bridgehead atoms. The fourth-order valence-corrected chi connectivity index (χ4v) is 2.07. The molecular formula is C8H8N2OS. The van der Waals surface area contributed by atoms with Gasteiger partial charge in [-0.3, -0.25) is 4.79 Å². The highest BCUT2D eigenvalue weighted by Crippen LogP contribution is 2.24. The average Bonchev–Trinajstić information content (AvgIpc) is 2.43. The Hall–Kier alpha value is -1.16. The van der Waals surface area contributed by atoms with Gasteiger partial charge in [-0.1, -0.05) is 0 Å². The molecule has 0 aromatic carbocycles. The van der Waals surface area contributed by atoms with Crippen LogP contribution in [0.3, 0.4) is 0 Å². The van der Waals surface area contributed by atoms with E-state index in [-0.39, 0.29) is 5.91 Å². The van der Waals surface area contributed by atoms with Crippen LogP contribution in [-0.4, -0.2) is 15.7 Å². The topological polar surface area (TPSA) is 34.9 Å². The molecule has 0 atom stereocenters. The second-order valence-corrected chi connectivity index (χ2v) is 3.97. The summed E-state index contributed by atoms with van der Waals surface area (Å²) >= 11 is 1.65. The first-order chi connectivity index (χ1) is 5.68. The number of nitrogens with zero attached hydrogens (tertiary/aromatic N) is 2. The van der Waals surface area contributed by atoms with Crippen LogP contribution in [-0.2, 0) is 0 Å². The molecule has 0 unspecified atom stereocenters. The highest BCUT2D eigenvalue weighted by Gasteiger charge is 2.07. The molecule has 0 aliphatic rings. The van der Waals surface area contributed by atoms with Crippen molar-refractivity contribution < 1.29 is 4.79 Å². The van der Waals surface area contributed by atoms with Gasteiger partial charge in [-0.25, -0.2) is 0 Å². The monoisotopic (exact) mass is 180 g/mol. The van der Waals surface area contributed by atoms with Crippen LogP contribution in [0.15, 0.2) is 12.3 Å². The van der Waals surface area contributed by atoms with Crippen molar-refractivity contribution in [1.29, 1.82) is 0 Å². The smallest absolute Gasteiger partial charge is 0.244 e. The Bertz CT molecular complexity index is 441. The number of thiophene rings is 1. The molecule has 2 heterocycles. The normalized spacial score (nSPS) is 10.8. The quantitative estimate of drug-likeness (QED) is 0.622. The van der Waals surface area contributed by atoms with Crippen molar-refractivity contribution >= 4 is 27.5 Å². The summed E-state index contributed by atoms with van der Waals surface area (Å²) in [7, 11) is 0. The maximum Gasteiger partial charge on any atom is 0.244 e. The van der Waals surface area contributed by atoms with E-state index in [4.69, 9.17) is 0 Å². The van der Waals surface area contributed by atoms with Gasteiger partial charge in [0.2, 0.25) is 5.91 Å². The molecule has 3 nitrogen and oxygen atoms in total. The number of carbonyl (C=O) groups excluding carboxylic acids is 1. The van der Waals surface area contributed by atoms with E-state index < -0.39 is 0 Å². The molecule has 2 aromatic heterocycles. The SMILES string of the molecule is CC(=O)n1ncc2sc(C)cc21. The number of hydrogen-bond acceptors (Lipinski definition) is 3. The van der Waals surface area contributed by atoms with Gasteiger partial charge in [0.05, 0.1) is 16.4 Å². The summed E-state index contributed by atoms with van der Waals surface area (Å²) in [5.41, 5.74) is 0.921. The van der Waals surface area contributed by atoms with E-state index in [0.717, 1.165) is 10.2 Å². The van der Waals surface area contributed by atoms with E-state index in [1.807, 2.05) is 13.0 Å². The van der Waals surface area contributed by atoms with Gasteiger partial charge in [-0.05, 0) is 13.0 Å². The lowest BCUT2D eigenvalue weighted by Crippen LogP contribution is -2.06. The number of aromatic nitrogens is 2. The first-order valence-corrected chi connectivity index (χ1v) is 4.45. The first kappa shape index (κ1) is 7.49.